The topological polar surface area (TPSA) is 59.8 Å². The maximum atomic E-state index is 12.7. The van der Waals surface area contributed by atoms with Crippen LogP contribution in [0.2, 0.25) is 5.02 Å². The van der Waals surface area contributed by atoms with Crippen molar-refractivity contribution in [1.82, 2.24) is 14.8 Å². The minimum absolute atomic E-state index is 0.0262. The number of carbonyl (C=O) groups is 1. The number of rotatable bonds is 4. The number of carbonyl (C=O) groups excluding carboxylic acids is 1. The SMILES string of the molecule is O=C(Nc1ccc(-n2cncn2)cc1)C1(c2ccc(Cl)cc2)CC1. The van der Waals surface area contributed by atoms with Crippen LogP contribution in [0.15, 0.2) is 61.2 Å². The van der Waals surface area contributed by atoms with Gasteiger partial charge in [-0.2, -0.15) is 5.10 Å². The molecule has 1 amide bonds. The van der Waals surface area contributed by atoms with Crippen LogP contribution >= 0.6 is 11.6 Å². The molecule has 2 aromatic carbocycles. The van der Waals surface area contributed by atoms with E-state index in [0.717, 1.165) is 29.8 Å². The van der Waals surface area contributed by atoms with Gasteiger partial charge in [-0.05, 0) is 54.8 Å². The molecule has 1 aromatic heterocycles. The maximum absolute atomic E-state index is 12.7. The van der Waals surface area contributed by atoms with E-state index >= 15 is 0 Å². The Hall–Kier alpha value is -2.66. The minimum Gasteiger partial charge on any atom is -0.325 e. The molecule has 0 unspecified atom stereocenters. The van der Waals surface area contributed by atoms with Crippen LogP contribution in [0.25, 0.3) is 5.69 Å². The highest BCUT2D eigenvalue weighted by Crippen LogP contribution is 2.49. The summed E-state index contributed by atoms with van der Waals surface area (Å²) in [5.74, 6) is 0.0262. The van der Waals surface area contributed by atoms with Gasteiger partial charge in [-0.3, -0.25) is 4.79 Å². The Labute approximate surface area is 144 Å². The normalized spacial score (nSPS) is 15.0. The van der Waals surface area contributed by atoms with Crippen LogP contribution in [0.1, 0.15) is 18.4 Å². The van der Waals surface area contributed by atoms with Gasteiger partial charge in [0.2, 0.25) is 5.91 Å². The third-order valence-corrected chi connectivity index (χ3v) is 4.64. The fourth-order valence-corrected chi connectivity index (χ4v) is 2.96. The minimum atomic E-state index is -0.421. The van der Waals surface area contributed by atoms with Crippen molar-refractivity contribution in [1.29, 1.82) is 0 Å². The molecule has 1 heterocycles. The lowest BCUT2D eigenvalue weighted by Gasteiger charge is -2.16. The lowest BCUT2D eigenvalue weighted by molar-refractivity contribution is -0.118. The van der Waals surface area contributed by atoms with E-state index in [1.165, 1.54) is 6.33 Å². The van der Waals surface area contributed by atoms with Crippen molar-refractivity contribution in [3.8, 4) is 5.69 Å². The molecule has 24 heavy (non-hydrogen) atoms. The highest BCUT2D eigenvalue weighted by molar-refractivity contribution is 6.30. The largest absolute Gasteiger partial charge is 0.325 e. The van der Waals surface area contributed by atoms with Crippen LogP contribution in [-0.2, 0) is 10.2 Å². The van der Waals surface area contributed by atoms with Gasteiger partial charge < -0.3 is 5.32 Å². The lowest BCUT2D eigenvalue weighted by Crippen LogP contribution is -2.27. The van der Waals surface area contributed by atoms with Crippen LogP contribution in [0, 0.1) is 0 Å². The first-order chi connectivity index (χ1) is 11.7. The molecule has 3 aromatic rings. The predicted molar refractivity (Wildman–Crippen MR) is 92.4 cm³/mol. The van der Waals surface area contributed by atoms with Gasteiger partial charge in [-0.1, -0.05) is 23.7 Å². The second kappa shape index (κ2) is 5.76. The van der Waals surface area contributed by atoms with E-state index in [2.05, 4.69) is 15.4 Å². The number of nitrogens with zero attached hydrogens (tertiary/aromatic N) is 3. The van der Waals surface area contributed by atoms with Gasteiger partial charge in [0.15, 0.2) is 0 Å². The van der Waals surface area contributed by atoms with Gasteiger partial charge in [0, 0.05) is 10.7 Å². The number of aromatic nitrogens is 3. The zero-order valence-electron chi connectivity index (χ0n) is 12.8. The molecular weight excluding hydrogens is 324 g/mol. The zero-order valence-corrected chi connectivity index (χ0v) is 13.6. The Balaban J connectivity index is 1.51. The van der Waals surface area contributed by atoms with E-state index < -0.39 is 5.41 Å². The fourth-order valence-electron chi connectivity index (χ4n) is 2.83. The maximum Gasteiger partial charge on any atom is 0.235 e. The third-order valence-electron chi connectivity index (χ3n) is 4.39. The van der Waals surface area contributed by atoms with E-state index in [1.54, 1.807) is 11.0 Å². The molecule has 1 aliphatic rings. The van der Waals surface area contributed by atoms with E-state index in [0.29, 0.717) is 5.02 Å². The molecule has 0 saturated heterocycles. The van der Waals surface area contributed by atoms with Crippen molar-refractivity contribution >= 4 is 23.2 Å². The quantitative estimate of drug-likeness (QED) is 0.790. The molecule has 1 saturated carbocycles. The van der Waals surface area contributed by atoms with Gasteiger partial charge in [0.1, 0.15) is 12.7 Å². The molecule has 0 spiro atoms. The summed E-state index contributed by atoms with van der Waals surface area (Å²) >= 11 is 5.94. The lowest BCUT2D eigenvalue weighted by atomic mass is 9.95. The number of hydrogen-bond acceptors (Lipinski definition) is 3. The summed E-state index contributed by atoms with van der Waals surface area (Å²) in [6.07, 6.45) is 4.83. The predicted octanol–water partition coefficient (Wildman–Crippen LogP) is 3.59. The fraction of sp³-hybridized carbons (Fsp3) is 0.167. The van der Waals surface area contributed by atoms with Crippen LogP contribution < -0.4 is 5.32 Å². The van der Waals surface area contributed by atoms with Crippen molar-refractivity contribution in [3.05, 3.63) is 71.8 Å². The second-order valence-electron chi connectivity index (χ2n) is 5.93. The van der Waals surface area contributed by atoms with Gasteiger partial charge in [0.25, 0.3) is 0 Å². The Morgan fingerprint density at radius 1 is 1.08 bits per heavy atom. The first kappa shape index (κ1) is 14.9. The van der Waals surface area contributed by atoms with Gasteiger partial charge >= 0.3 is 0 Å². The first-order valence-electron chi connectivity index (χ1n) is 7.70. The molecule has 5 nitrogen and oxygen atoms in total. The summed E-state index contributed by atoms with van der Waals surface area (Å²) in [7, 11) is 0. The van der Waals surface area contributed by atoms with Crippen molar-refractivity contribution in [2.45, 2.75) is 18.3 Å². The molecule has 0 radical (unpaired) electrons. The van der Waals surface area contributed by atoms with Crippen molar-refractivity contribution in [2.24, 2.45) is 0 Å². The highest BCUT2D eigenvalue weighted by Gasteiger charge is 2.51. The van der Waals surface area contributed by atoms with Crippen LogP contribution in [0.5, 0.6) is 0 Å². The molecule has 1 fully saturated rings. The van der Waals surface area contributed by atoms with E-state index in [1.807, 2.05) is 48.5 Å². The number of anilines is 1. The number of benzene rings is 2. The standard InChI is InChI=1S/C18H15ClN4O/c19-14-3-1-13(2-4-14)18(9-10-18)17(24)22-15-5-7-16(8-6-15)23-12-20-11-21-23/h1-8,11-12H,9-10H2,(H,22,24). The second-order valence-corrected chi connectivity index (χ2v) is 6.37. The summed E-state index contributed by atoms with van der Waals surface area (Å²) in [5.41, 5.74) is 2.26. The monoisotopic (exact) mass is 338 g/mol. The molecule has 1 aliphatic carbocycles. The van der Waals surface area contributed by atoms with Crippen LogP contribution in [0.4, 0.5) is 5.69 Å². The zero-order chi connectivity index (χ0) is 16.6. The molecule has 0 aliphatic heterocycles. The molecule has 1 N–H and O–H groups in total. The average molecular weight is 339 g/mol. The van der Waals surface area contributed by atoms with E-state index in [4.69, 9.17) is 11.6 Å². The Bertz CT molecular complexity index is 853. The smallest absolute Gasteiger partial charge is 0.235 e. The Morgan fingerprint density at radius 2 is 1.79 bits per heavy atom. The highest BCUT2D eigenvalue weighted by atomic mass is 35.5. The first-order valence-corrected chi connectivity index (χ1v) is 8.08. The van der Waals surface area contributed by atoms with Gasteiger partial charge in [0.05, 0.1) is 11.1 Å². The number of nitrogens with one attached hydrogen (secondary N) is 1. The molecule has 6 heteroatoms. The summed E-state index contributed by atoms with van der Waals surface area (Å²) in [6, 6.07) is 15.1. The van der Waals surface area contributed by atoms with Gasteiger partial charge in [-0.25, -0.2) is 9.67 Å². The van der Waals surface area contributed by atoms with Crippen LogP contribution in [0.3, 0.4) is 0 Å². The summed E-state index contributed by atoms with van der Waals surface area (Å²) in [4.78, 5) is 16.6. The van der Waals surface area contributed by atoms with Crippen molar-refractivity contribution in [2.75, 3.05) is 5.32 Å². The molecular formula is C18H15ClN4O. The number of halogens is 1. The van der Waals surface area contributed by atoms with E-state index in [-0.39, 0.29) is 5.91 Å². The number of amides is 1. The molecule has 0 atom stereocenters. The summed E-state index contributed by atoms with van der Waals surface area (Å²) < 4.78 is 1.67. The Morgan fingerprint density at radius 3 is 2.38 bits per heavy atom. The third kappa shape index (κ3) is 2.67. The summed E-state index contributed by atoms with van der Waals surface area (Å²) in [5, 5.41) is 7.77. The van der Waals surface area contributed by atoms with Crippen LogP contribution in [-0.4, -0.2) is 20.7 Å². The summed E-state index contributed by atoms with van der Waals surface area (Å²) in [6.45, 7) is 0. The van der Waals surface area contributed by atoms with Crippen molar-refractivity contribution < 1.29 is 4.79 Å². The van der Waals surface area contributed by atoms with Crippen molar-refractivity contribution in [3.63, 3.8) is 0 Å². The van der Waals surface area contributed by atoms with E-state index in [9.17, 15) is 4.79 Å². The average Bonchev–Trinajstić information content (AvgIpc) is 3.23. The molecule has 0 bridgehead atoms. The molecule has 120 valence electrons. The van der Waals surface area contributed by atoms with Gasteiger partial charge in [-0.15, -0.1) is 0 Å². The molecule has 4 rings (SSSR count). The Kier molecular flexibility index (Phi) is 3.58. The number of hydrogen-bond donors (Lipinski definition) is 1.